The van der Waals surface area contributed by atoms with Crippen LogP contribution in [-0.2, 0) is 4.79 Å². The molecule has 1 aliphatic heterocycles. The van der Waals surface area contributed by atoms with E-state index < -0.39 is 5.54 Å². The third kappa shape index (κ3) is 3.11. The molecule has 0 aliphatic carbocycles. The average Bonchev–Trinajstić information content (AvgIpc) is 2.55. The largest absolute Gasteiger partial charge is 0.340 e. The molecule has 1 fully saturated rings. The fraction of sp³-hybridized carbons (Fsp3) is 0.909. The van der Waals surface area contributed by atoms with Crippen LogP contribution in [0.15, 0.2) is 0 Å². The summed E-state index contributed by atoms with van der Waals surface area (Å²) in [7, 11) is 0. The maximum Gasteiger partial charge on any atom is 0.242 e. The minimum absolute atomic E-state index is 0.148. The Morgan fingerprint density at radius 3 is 2.60 bits per heavy atom. The first-order chi connectivity index (χ1) is 7.14. The molecule has 1 amide bonds. The van der Waals surface area contributed by atoms with Crippen LogP contribution in [0.2, 0.25) is 0 Å². The van der Waals surface area contributed by atoms with Crippen molar-refractivity contribution >= 4 is 17.7 Å². The molecule has 1 aliphatic rings. The van der Waals surface area contributed by atoms with Crippen LogP contribution in [0.3, 0.4) is 0 Å². The fourth-order valence-electron chi connectivity index (χ4n) is 1.82. The number of carbonyl (C=O) groups is 1. The number of carbonyl (C=O) groups excluding carboxylic acids is 1. The third-order valence-electron chi connectivity index (χ3n) is 3.20. The highest BCUT2D eigenvalue weighted by Gasteiger charge is 2.33. The number of hydrogen-bond donors (Lipinski definition) is 1. The van der Waals surface area contributed by atoms with E-state index >= 15 is 0 Å². The van der Waals surface area contributed by atoms with Gasteiger partial charge in [-0.05, 0) is 25.0 Å². The van der Waals surface area contributed by atoms with Crippen LogP contribution in [0.1, 0.15) is 33.1 Å². The Bertz CT molecular complexity index is 209. The van der Waals surface area contributed by atoms with Crippen LogP contribution in [0, 0.1) is 0 Å². The molecule has 4 heteroatoms. The molecule has 1 heterocycles. The molecule has 0 aromatic carbocycles. The lowest BCUT2D eigenvalue weighted by molar-refractivity contribution is -0.137. The molecule has 15 heavy (non-hydrogen) atoms. The predicted octanol–water partition coefficient (Wildman–Crippen LogP) is 1.47. The maximum atomic E-state index is 12.2. The molecule has 0 atom stereocenters. The lowest BCUT2D eigenvalue weighted by Gasteiger charge is -2.32. The molecule has 0 aromatic heterocycles. The zero-order valence-electron chi connectivity index (χ0n) is 9.79. The van der Waals surface area contributed by atoms with Crippen LogP contribution >= 0.6 is 11.8 Å². The van der Waals surface area contributed by atoms with E-state index in [1.807, 2.05) is 30.5 Å². The van der Waals surface area contributed by atoms with Gasteiger partial charge in [-0.25, -0.2) is 0 Å². The Balaban J connectivity index is 2.64. The first-order valence-corrected chi connectivity index (χ1v) is 6.95. The second-order valence-electron chi connectivity index (χ2n) is 4.12. The van der Waals surface area contributed by atoms with Crippen molar-refractivity contribution < 1.29 is 4.79 Å². The van der Waals surface area contributed by atoms with Crippen molar-refractivity contribution in [1.82, 2.24) is 4.90 Å². The van der Waals surface area contributed by atoms with Gasteiger partial charge in [0, 0.05) is 18.8 Å². The Morgan fingerprint density at radius 2 is 2.00 bits per heavy atom. The van der Waals surface area contributed by atoms with Gasteiger partial charge < -0.3 is 10.6 Å². The molecule has 0 saturated carbocycles. The summed E-state index contributed by atoms with van der Waals surface area (Å²) in [5, 5.41) is 0. The van der Waals surface area contributed by atoms with Crippen LogP contribution in [0.5, 0.6) is 0 Å². The highest BCUT2D eigenvalue weighted by atomic mass is 32.2. The maximum absolute atomic E-state index is 12.2. The number of nitrogens with two attached hydrogens (primary N) is 1. The van der Waals surface area contributed by atoms with Gasteiger partial charge in [0.2, 0.25) is 5.91 Å². The number of rotatable bonds is 3. The van der Waals surface area contributed by atoms with Crippen molar-refractivity contribution in [2.24, 2.45) is 5.73 Å². The van der Waals surface area contributed by atoms with E-state index in [9.17, 15) is 4.79 Å². The summed E-state index contributed by atoms with van der Waals surface area (Å²) in [6, 6.07) is 0. The Morgan fingerprint density at radius 1 is 1.33 bits per heavy atom. The summed E-state index contributed by atoms with van der Waals surface area (Å²) in [5.41, 5.74) is 5.49. The summed E-state index contributed by atoms with van der Waals surface area (Å²) in [4.78, 5) is 14.2. The molecule has 0 spiro atoms. The van der Waals surface area contributed by atoms with Crippen LogP contribution in [-0.4, -0.2) is 40.9 Å². The number of nitrogens with zero attached hydrogens (tertiary/aromatic N) is 1. The van der Waals surface area contributed by atoms with Crippen molar-refractivity contribution in [3.8, 4) is 0 Å². The zero-order valence-corrected chi connectivity index (χ0v) is 10.6. The van der Waals surface area contributed by atoms with Gasteiger partial charge in [0.15, 0.2) is 0 Å². The van der Waals surface area contributed by atoms with E-state index in [1.165, 1.54) is 5.75 Å². The van der Waals surface area contributed by atoms with Gasteiger partial charge in [-0.15, -0.1) is 0 Å². The summed E-state index contributed by atoms with van der Waals surface area (Å²) < 4.78 is 0. The van der Waals surface area contributed by atoms with Crippen LogP contribution in [0.4, 0.5) is 0 Å². The molecular weight excluding hydrogens is 208 g/mol. The summed E-state index contributed by atoms with van der Waals surface area (Å²) in [6.07, 6.45) is 2.55. The topological polar surface area (TPSA) is 46.3 Å². The summed E-state index contributed by atoms with van der Waals surface area (Å²) in [5.74, 6) is 2.37. The smallest absolute Gasteiger partial charge is 0.242 e. The molecule has 0 aromatic rings. The number of hydrogen-bond acceptors (Lipinski definition) is 3. The van der Waals surface area contributed by atoms with Gasteiger partial charge in [0.25, 0.3) is 0 Å². The Kier molecular flexibility index (Phi) is 4.93. The van der Waals surface area contributed by atoms with Gasteiger partial charge in [0.05, 0.1) is 5.54 Å². The molecule has 3 nitrogen and oxygen atoms in total. The second-order valence-corrected chi connectivity index (χ2v) is 5.35. The monoisotopic (exact) mass is 230 g/mol. The van der Waals surface area contributed by atoms with E-state index in [1.54, 1.807) is 0 Å². The van der Waals surface area contributed by atoms with E-state index in [0.29, 0.717) is 0 Å². The van der Waals surface area contributed by atoms with Crippen molar-refractivity contribution in [3.63, 3.8) is 0 Å². The molecule has 0 unspecified atom stereocenters. The standard InChI is InChI=1S/C11H22N2OS/c1-3-11(12,4-2)10(14)13-6-5-8-15-9-7-13/h3-9,12H2,1-2H3. The van der Waals surface area contributed by atoms with Crippen LogP contribution in [0.25, 0.3) is 0 Å². The molecule has 0 bridgehead atoms. The Labute approximate surface area is 96.8 Å². The van der Waals surface area contributed by atoms with Crippen molar-refractivity contribution in [2.75, 3.05) is 24.6 Å². The summed E-state index contributed by atoms with van der Waals surface area (Å²) in [6.45, 7) is 5.73. The van der Waals surface area contributed by atoms with E-state index in [0.717, 1.165) is 38.1 Å². The summed E-state index contributed by atoms with van der Waals surface area (Å²) >= 11 is 1.93. The van der Waals surface area contributed by atoms with Gasteiger partial charge in [-0.2, -0.15) is 11.8 Å². The fourth-order valence-corrected chi connectivity index (χ4v) is 2.70. The molecular formula is C11H22N2OS. The molecule has 2 N–H and O–H groups in total. The molecule has 1 saturated heterocycles. The highest BCUT2D eigenvalue weighted by molar-refractivity contribution is 7.99. The molecule has 88 valence electrons. The van der Waals surface area contributed by atoms with E-state index in [4.69, 9.17) is 5.73 Å². The van der Waals surface area contributed by atoms with Crippen molar-refractivity contribution in [1.29, 1.82) is 0 Å². The SMILES string of the molecule is CCC(N)(CC)C(=O)N1CCCSCC1. The molecule has 1 rings (SSSR count). The zero-order chi connectivity index (χ0) is 11.3. The first kappa shape index (κ1) is 12.8. The van der Waals surface area contributed by atoms with Gasteiger partial charge in [-0.3, -0.25) is 4.79 Å². The third-order valence-corrected chi connectivity index (χ3v) is 4.25. The highest BCUT2D eigenvalue weighted by Crippen LogP contribution is 2.18. The predicted molar refractivity (Wildman–Crippen MR) is 66.0 cm³/mol. The van der Waals surface area contributed by atoms with E-state index in [2.05, 4.69) is 0 Å². The normalized spacial score (nSPS) is 18.7. The van der Waals surface area contributed by atoms with Gasteiger partial charge in [0.1, 0.15) is 0 Å². The van der Waals surface area contributed by atoms with Gasteiger partial charge in [-0.1, -0.05) is 13.8 Å². The second kappa shape index (κ2) is 5.75. The quantitative estimate of drug-likeness (QED) is 0.798. The lowest BCUT2D eigenvalue weighted by atomic mass is 9.92. The minimum Gasteiger partial charge on any atom is -0.340 e. The number of amides is 1. The Hall–Kier alpha value is -0.220. The minimum atomic E-state index is -0.630. The first-order valence-electron chi connectivity index (χ1n) is 5.80. The lowest BCUT2D eigenvalue weighted by Crippen LogP contribution is -2.55. The molecule has 0 radical (unpaired) electrons. The van der Waals surface area contributed by atoms with Gasteiger partial charge >= 0.3 is 0 Å². The van der Waals surface area contributed by atoms with Crippen LogP contribution < -0.4 is 5.73 Å². The van der Waals surface area contributed by atoms with Crippen molar-refractivity contribution in [2.45, 2.75) is 38.6 Å². The average molecular weight is 230 g/mol. The van der Waals surface area contributed by atoms with E-state index in [-0.39, 0.29) is 5.91 Å². The van der Waals surface area contributed by atoms with Crippen molar-refractivity contribution in [3.05, 3.63) is 0 Å². The number of thioether (sulfide) groups is 1.